The number of methoxy groups -OCH3 is 2. The third-order valence-corrected chi connectivity index (χ3v) is 8.87. The number of anilines is 1. The minimum absolute atomic E-state index is 0.00141. The summed E-state index contributed by atoms with van der Waals surface area (Å²) in [5.41, 5.74) is 0.554. The number of nitrogens with zero attached hydrogens (tertiary/aromatic N) is 1. The van der Waals surface area contributed by atoms with Crippen molar-refractivity contribution in [2.24, 2.45) is 11.8 Å². The van der Waals surface area contributed by atoms with Crippen molar-refractivity contribution in [3.05, 3.63) is 17.7 Å². The Bertz CT molecular complexity index is 1030. The summed E-state index contributed by atoms with van der Waals surface area (Å²) in [6.07, 6.45) is 1.28. The number of ketones is 1. The van der Waals surface area contributed by atoms with Crippen molar-refractivity contribution in [2.45, 2.75) is 48.5 Å². The maximum Gasteiger partial charge on any atom is 0.229 e. The molecule has 5 fully saturated rings. The van der Waals surface area contributed by atoms with Crippen molar-refractivity contribution in [3.8, 4) is 11.5 Å². The fourth-order valence-corrected chi connectivity index (χ4v) is 7.56. The molecule has 4 bridgehead atoms. The van der Waals surface area contributed by atoms with Gasteiger partial charge in [-0.2, -0.15) is 0 Å². The first kappa shape index (κ1) is 18.4. The minimum Gasteiger partial charge on any atom is -0.493 e. The topological polar surface area (TPSA) is 89.6 Å². The molecule has 1 aromatic rings. The van der Waals surface area contributed by atoms with Crippen LogP contribution < -0.4 is 19.7 Å². The van der Waals surface area contributed by atoms with Gasteiger partial charge in [0.05, 0.1) is 50.5 Å². The molecule has 1 aromatic carbocycles. The van der Waals surface area contributed by atoms with Gasteiger partial charge in [-0.15, -0.1) is 0 Å². The predicted octanol–water partition coefficient (Wildman–Crippen LogP) is 0.795. The Morgan fingerprint density at radius 1 is 1.16 bits per heavy atom. The molecule has 1 saturated carbocycles. The molecule has 0 aromatic heterocycles. The van der Waals surface area contributed by atoms with Gasteiger partial charge in [-0.1, -0.05) is 0 Å². The molecule has 164 valence electrons. The molecule has 7 unspecified atom stereocenters. The van der Waals surface area contributed by atoms with Gasteiger partial charge >= 0.3 is 0 Å². The van der Waals surface area contributed by atoms with Gasteiger partial charge in [-0.25, -0.2) is 0 Å². The van der Waals surface area contributed by atoms with Crippen molar-refractivity contribution >= 4 is 17.4 Å². The van der Waals surface area contributed by atoms with Crippen molar-refractivity contribution < 1.29 is 28.5 Å². The Labute approximate surface area is 180 Å². The zero-order chi connectivity index (χ0) is 21.1. The van der Waals surface area contributed by atoms with E-state index in [1.54, 1.807) is 14.2 Å². The van der Waals surface area contributed by atoms with E-state index in [4.69, 9.17) is 18.9 Å². The standard InChI is InChI=1S/C23H26N2O6/c1-28-14-5-11-13(7-15(14)29-2)25-19(27)8-16-20-12-6-17(26)22(11,21(20)25)3-4-24-10-23(12)18(31-23)9-30-16/h5,7,12,16,18,20-21,24H,3-4,6,8-10H2,1-2H3. The number of fused-ring (bicyclic) bond motifs is 2. The lowest BCUT2D eigenvalue weighted by Gasteiger charge is -2.53. The number of nitrogens with one attached hydrogen (secondary N) is 1. The molecule has 1 aliphatic carbocycles. The summed E-state index contributed by atoms with van der Waals surface area (Å²) in [6.45, 7) is 1.92. The zero-order valence-corrected chi connectivity index (χ0v) is 17.7. The number of Topliss-reactive ketones (excluding diaryl/α,β-unsaturated/α-hetero) is 1. The Balaban J connectivity index is 1.51. The molecule has 8 nitrogen and oxygen atoms in total. The second kappa shape index (κ2) is 5.79. The van der Waals surface area contributed by atoms with Gasteiger partial charge in [-0.3, -0.25) is 9.59 Å². The molecule has 1 N–H and O–H groups in total. The molecule has 4 saturated heterocycles. The first-order valence-corrected chi connectivity index (χ1v) is 11.2. The molecule has 1 amide bonds. The molecule has 8 heteroatoms. The van der Waals surface area contributed by atoms with Gasteiger partial charge < -0.3 is 29.2 Å². The molecule has 7 atom stereocenters. The van der Waals surface area contributed by atoms with E-state index < -0.39 is 5.41 Å². The zero-order valence-electron chi connectivity index (χ0n) is 17.7. The Kier molecular flexibility index (Phi) is 3.44. The van der Waals surface area contributed by atoms with Gasteiger partial charge in [-0.05, 0) is 24.6 Å². The van der Waals surface area contributed by atoms with Crippen LogP contribution >= 0.6 is 0 Å². The van der Waals surface area contributed by atoms with E-state index in [9.17, 15) is 9.59 Å². The number of benzene rings is 1. The second-order valence-electron chi connectivity index (χ2n) is 9.78. The number of carbonyl (C=O) groups is 2. The highest BCUT2D eigenvalue weighted by atomic mass is 16.6. The Hall–Kier alpha value is -2.16. The molecule has 31 heavy (non-hydrogen) atoms. The van der Waals surface area contributed by atoms with E-state index in [-0.39, 0.29) is 47.4 Å². The van der Waals surface area contributed by atoms with Crippen LogP contribution in [0.3, 0.4) is 0 Å². The van der Waals surface area contributed by atoms with Crippen LogP contribution in [0, 0.1) is 11.8 Å². The van der Waals surface area contributed by atoms with Gasteiger partial charge in [0, 0.05) is 30.9 Å². The maximum atomic E-state index is 14.1. The average molecular weight is 426 g/mol. The predicted molar refractivity (Wildman–Crippen MR) is 109 cm³/mol. The van der Waals surface area contributed by atoms with Crippen LogP contribution in [0.25, 0.3) is 0 Å². The van der Waals surface area contributed by atoms with Crippen LogP contribution in [0.5, 0.6) is 11.5 Å². The van der Waals surface area contributed by atoms with Gasteiger partial charge in [0.1, 0.15) is 17.5 Å². The summed E-state index contributed by atoms with van der Waals surface area (Å²) in [7, 11) is 3.19. The Morgan fingerprint density at radius 2 is 1.97 bits per heavy atom. The SMILES string of the molecule is COc1cc2c(cc1OC)C13CCNCC45OC4COC4CC(=O)N2C1C4C5CC3=O. The van der Waals surface area contributed by atoms with Gasteiger partial charge in [0.15, 0.2) is 11.5 Å². The van der Waals surface area contributed by atoms with Crippen LogP contribution in [-0.4, -0.2) is 69.5 Å². The quantitative estimate of drug-likeness (QED) is 0.700. The second-order valence-corrected chi connectivity index (χ2v) is 9.78. The highest BCUT2D eigenvalue weighted by Crippen LogP contribution is 2.65. The Morgan fingerprint density at radius 3 is 2.77 bits per heavy atom. The van der Waals surface area contributed by atoms with Crippen LogP contribution in [0.15, 0.2) is 12.1 Å². The molecular formula is C23H26N2O6. The van der Waals surface area contributed by atoms with Crippen LogP contribution in [0.4, 0.5) is 5.69 Å². The van der Waals surface area contributed by atoms with Crippen LogP contribution in [0.1, 0.15) is 24.8 Å². The summed E-state index contributed by atoms with van der Waals surface area (Å²) < 4.78 is 23.7. The number of carbonyl (C=O) groups excluding carboxylic acids is 2. The highest BCUT2D eigenvalue weighted by molar-refractivity contribution is 6.06. The monoisotopic (exact) mass is 426 g/mol. The lowest BCUT2D eigenvalue weighted by Crippen LogP contribution is -2.67. The van der Waals surface area contributed by atoms with E-state index in [1.807, 2.05) is 17.0 Å². The fourth-order valence-electron chi connectivity index (χ4n) is 7.56. The molecule has 5 aliphatic heterocycles. The number of epoxide rings is 1. The number of hydrogen-bond acceptors (Lipinski definition) is 7. The fraction of sp³-hybridized carbons (Fsp3) is 0.652. The molecular weight excluding hydrogens is 400 g/mol. The number of piperidine rings is 1. The maximum absolute atomic E-state index is 14.1. The summed E-state index contributed by atoms with van der Waals surface area (Å²) in [6, 6.07) is 3.54. The summed E-state index contributed by atoms with van der Waals surface area (Å²) >= 11 is 0. The van der Waals surface area contributed by atoms with Crippen molar-refractivity contribution in [1.82, 2.24) is 5.32 Å². The smallest absolute Gasteiger partial charge is 0.229 e. The van der Waals surface area contributed by atoms with E-state index in [0.717, 1.165) is 17.8 Å². The van der Waals surface area contributed by atoms with Gasteiger partial charge in [0.2, 0.25) is 5.91 Å². The van der Waals surface area contributed by atoms with E-state index in [2.05, 4.69) is 5.32 Å². The summed E-state index contributed by atoms with van der Waals surface area (Å²) in [5.74, 6) is 1.50. The van der Waals surface area contributed by atoms with Crippen molar-refractivity contribution in [1.29, 1.82) is 0 Å². The number of ether oxygens (including phenoxy) is 4. The molecule has 5 heterocycles. The van der Waals surface area contributed by atoms with Gasteiger partial charge in [0.25, 0.3) is 0 Å². The molecule has 7 rings (SSSR count). The van der Waals surface area contributed by atoms with Crippen LogP contribution in [-0.2, 0) is 24.5 Å². The number of rotatable bonds is 2. The third kappa shape index (κ3) is 1.98. The first-order chi connectivity index (χ1) is 15.0. The van der Waals surface area contributed by atoms with E-state index in [1.165, 1.54) is 0 Å². The average Bonchev–Trinajstić information content (AvgIpc) is 3.39. The molecule has 1 spiro atoms. The van der Waals surface area contributed by atoms with Crippen LogP contribution in [0.2, 0.25) is 0 Å². The molecule has 0 radical (unpaired) electrons. The first-order valence-electron chi connectivity index (χ1n) is 11.2. The highest BCUT2D eigenvalue weighted by Gasteiger charge is 2.75. The number of amides is 1. The lowest BCUT2D eigenvalue weighted by atomic mass is 9.54. The van der Waals surface area contributed by atoms with Crippen molar-refractivity contribution in [2.75, 3.05) is 38.8 Å². The molecule has 6 aliphatic rings. The number of hydrogen-bond donors (Lipinski definition) is 1. The minimum atomic E-state index is -0.763. The third-order valence-electron chi connectivity index (χ3n) is 8.87. The summed E-state index contributed by atoms with van der Waals surface area (Å²) in [5, 5.41) is 3.57. The van der Waals surface area contributed by atoms with E-state index >= 15 is 0 Å². The normalized spacial score (nSPS) is 43.9. The van der Waals surface area contributed by atoms with E-state index in [0.29, 0.717) is 43.9 Å². The van der Waals surface area contributed by atoms with Crippen molar-refractivity contribution in [3.63, 3.8) is 0 Å². The summed E-state index contributed by atoms with van der Waals surface area (Å²) in [4.78, 5) is 29.4. The lowest BCUT2D eigenvalue weighted by molar-refractivity contribution is -0.144. The largest absolute Gasteiger partial charge is 0.493 e.